The zero-order valence-corrected chi connectivity index (χ0v) is 36.3. The Labute approximate surface area is 282 Å². The maximum absolute atomic E-state index is 11.9. The molecule has 0 saturated carbocycles. The number of nitrogens with zero attached hydrogens (tertiary/aromatic N) is 2. The van der Waals surface area contributed by atoms with Gasteiger partial charge in [-0.15, -0.1) is 0 Å². The fourth-order valence-corrected chi connectivity index (χ4v) is 157. The number of carbonyl (C=O) groups excluding carboxylic acids is 2. The van der Waals surface area contributed by atoms with Crippen LogP contribution in [0.2, 0.25) is 78.6 Å². The third-order valence-corrected chi connectivity index (χ3v) is 132. The van der Waals surface area contributed by atoms with E-state index >= 15 is 0 Å². The molecule has 0 radical (unpaired) electrons. The summed E-state index contributed by atoms with van der Waals surface area (Å²) in [5.74, 6) is -1.24. The summed E-state index contributed by atoms with van der Waals surface area (Å²) in [5, 5.41) is 21.7. The topological polar surface area (TPSA) is 100 Å². The monoisotopic (exact) mass is 720 g/mol. The van der Waals surface area contributed by atoms with Crippen LogP contribution in [-0.4, -0.2) is 69.8 Å². The predicted molar refractivity (Wildman–Crippen MR) is 208 cm³/mol. The largest absolute Gasteiger partial charge is 0.465 e. The predicted octanol–water partition coefficient (Wildman–Crippen LogP) is 6.60. The molecule has 0 amide bonds. The Kier molecular flexibility index (Phi) is 12.0. The van der Waals surface area contributed by atoms with Crippen LogP contribution in [0.3, 0.4) is 0 Å². The van der Waals surface area contributed by atoms with Crippen molar-refractivity contribution in [2.24, 2.45) is 0 Å². The summed E-state index contributed by atoms with van der Waals surface area (Å²) in [4.78, 5) is 23.9. The molecule has 0 saturated heterocycles. The van der Waals surface area contributed by atoms with Crippen LogP contribution in [0.25, 0.3) is 12.2 Å². The summed E-state index contributed by atoms with van der Waals surface area (Å²) in [7, 11) is -8.25. The van der Waals surface area contributed by atoms with E-state index in [4.69, 9.17) is 9.47 Å². The highest BCUT2D eigenvalue weighted by Gasteiger charge is 2.66. The fraction of sp³-hybridized carbons (Fsp3) is 0.412. The van der Waals surface area contributed by atoms with Gasteiger partial charge in [-0.05, 0) is 23.3 Å². The van der Waals surface area contributed by atoms with E-state index < -0.39 is 55.6 Å². The fourth-order valence-electron chi connectivity index (χ4n) is 6.67. The minimum atomic E-state index is -1.88. The molecule has 12 heteroatoms. The van der Waals surface area contributed by atoms with Gasteiger partial charge in [-0.1, -0.05) is 137 Å². The van der Waals surface area contributed by atoms with Gasteiger partial charge in [-0.2, -0.15) is 10.5 Å². The van der Waals surface area contributed by atoms with Gasteiger partial charge in [0, 0.05) is 28.4 Å². The molecule has 0 N–H and O–H groups in total. The molecule has 0 unspecified atom stereocenters. The third-order valence-electron chi connectivity index (χ3n) is 12.8. The minimum absolute atomic E-state index is 0.000869. The normalized spacial score (nSPS) is 13.8. The Morgan fingerprint density at radius 1 is 0.522 bits per heavy atom. The summed E-state index contributed by atoms with van der Waals surface area (Å²) < 4.78 is 9.50. The molecule has 246 valence electrons. The zero-order valence-electron chi connectivity index (χ0n) is 30.3. The molecule has 0 fully saturated rings. The van der Waals surface area contributed by atoms with Crippen LogP contribution in [0.15, 0.2) is 59.7 Å². The second-order valence-electron chi connectivity index (χ2n) is 15.3. The molecule has 0 heterocycles. The van der Waals surface area contributed by atoms with Gasteiger partial charge in [0.1, 0.15) is 23.3 Å². The minimum Gasteiger partial charge on any atom is -0.465 e. The number of esters is 2. The van der Waals surface area contributed by atoms with Crippen LogP contribution in [0.5, 0.6) is 0 Å². The Balaban J connectivity index is 2.53. The van der Waals surface area contributed by atoms with Gasteiger partial charge < -0.3 is 9.47 Å². The average Bonchev–Trinajstić information content (AvgIpc) is 3.01. The molecule has 0 aromatic heterocycles. The van der Waals surface area contributed by atoms with E-state index in [1.807, 2.05) is 36.4 Å². The van der Waals surface area contributed by atoms with Gasteiger partial charge in [-0.3, -0.25) is 0 Å². The van der Waals surface area contributed by atoms with Crippen molar-refractivity contribution < 1.29 is 19.1 Å². The van der Waals surface area contributed by atoms with Crippen molar-refractivity contribution in [2.45, 2.75) is 78.6 Å². The van der Waals surface area contributed by atoms with Crippen molar-refractivity contribution in [1.29, 1.82) is 10.5 Å². The Morgan fingerprint density at radius 2 is 0.783 bits per heavy atom. The molecule has 0 spiro atoms. The molecular formula is C34H52N2O4Si6. The van der Waals surface area contributed by atoms with Crippen LogP contribution >= 0.6 is 0 Å². The van der Waals surface area contributed by atoms with Crippen molar-refractivity contribution in [1.82, 2.24) is 0 Å². The van der Waals surface area contributed by atoms with Gasteiger partial charge in [0.15, 0.2) is 0 Å². The van der Waals surface area contributed by atoms with E-state index in [0.29, 0.717) is 0 Å². The summed E-state index contributed by atoms with van der Waals surface area (Å²) in [5.41, 5.74) is 1.66. The summed E-state index contributed by atoms with van der Waals surface area (Å²) in [6.45, 7) is 32.0. The molecule has 46 heavy (non-hydrogen) atoms. The van der Waals surface area contributed by atoms with E-state index in [1.165, 1.54) is 24.6 Å². The molecule has 6 nitrogen and oxygen atoms in total. The molecule has 0 atom stereocenters. The van der Waals surface area contributed by atoms with Crippen LogP contribution in [0, 0.1) is 22.7 Å². The second-order valence-corrected chi connectivity index (χ2v) is 79.5. The molecule has 2 aromatic rings. The first-order valence-electron chi connectivity index (χ1n) is 15.6. The standard InChI is InChI=1S/C34H52N2O4Si6/c1-39-33(37)29(25-35)23-27-15-19-31(20-16-27)41(3,4)43(7,8)45(11,12)46(13,14)44(9,10)42(5,6)32-21-17-28(18-22-32)24-30(26-36)34(38)40-2/h15-24H,1-14H3/b29-23+,30-24+. The summed E-state index contributed by atoms with van der Waals surface area (Å²) in [6.07, 6.45) is 3.21. The van der Waals surface area contributed by atoms with E-state index in [-0.39, 0.29) is 11.1 Å². The lowest BCUT2D eigenvalue weighted by Gasteiger charge is -2.62. The van der Waals surface area contributed by atoms with Crippen LogP contribution in [0.4, 0.5) is 0 Å². The quantitative estimate of drug-likeness (QED) is 0.112. The van der Waals surface area contributed by atoms with Gasteiger partial charge in [0.25, 0.3) is 0 Å². The van der Waals surface area contributed by atoms with E-state index in [9.17, 15) is 20.1 Å². The molecule has 2 rings (SSSR count). The average molecular weight is 721 g/mol. The third kappa shape index (κ3) is 6.88. The number of benzene rings is 2. The number of hydrogen-bond donors (Lipinski definition) is 0. The smallest absolute Gasteiger partial charge is 0.348 e. The van der Waals surface area contributed by atoms with Crippen molar-refractivity contribution in [3.63, 3.8) is 0 Å². The van der Waals surface area contributed by atoms with E-state index in [0.717, 1.165) is 11.1 Å². The lowest BCUT2D eigenvalue weighted by Crippen LogP contribution is -2.90. The lowest BCUT2D eigenvalue weighted by atomic mass is 10.1. The van der Waals surface area contributed by atoms with E-state index in [1.54, 1.807) is 12.2 Å². The van der Waals surface area contributed by atoms with Gasteiger partial charge >= 0.3 is 11.9 Å². The van der Waals surface area contributed by atoms with Gasteiger partial charge in [0.05, 0.1) is 29.4 Å². The van der Waals surface area contributed by atoms with Crippen molar-refractivity contribution >= 4 is 78.1 Å². The zero-order chi connectivity index (χ0) is 35.5. The first-order valence-corrected chi connectivity index (χ1v) is 38.6. The number of rotatable bonds is 11. The SMILES string of the molecule is COC(=O)/C(C#N)=C/c1ccc([Si](C)(C)[Si](C)(C)[Si](C)(C)[Si](C)(C)[Si](C)(C)[Si](C)(C)c2ccc(/C=C(\C#N)C(=O)OC)cc2)cc1. The molecular weight excluding hydrogens is 669 g/mol. The van der Waals surface area contributed by atoms with Crippen molar-refractivity contribution in [2.75, 3.05) is 14.2 Å². The highest BCUT2D eigenvalue weighted by molar-refractivity contribution is 7.98. The van der Waals surface area contributed by atoms with Crippen LogP contribution < -0.4 is 10.4 Å². The summed E-state index contributed by atoms with van der Waals surface area (Å²) in [6, 6.07) is 21.1. The second kappa shape index (κ2) is 14.1. The summed E-state index contributed by atoms with van der Waals surface area (Å²) >= 11 is 0. The first kappa shape index (κ1) is 39.3. The number of methoxy groups -OCH3 is 2. The maximum atomic E-state index is 11.9. The Hall–Kier alpha value is -2.86. The van der Waals surface area contributed by atoms with Crippen molar-refractivity contribution in [3.8, 4) is 12.1 Å². The number of carbonyl (C=O) groups is 2. The Morgan fingerprint density at radius 3 is 1.00 bits per heavy atom. The highest BCUT2D eigenvalue weighted by atomic mass is 30.0. The number of hydrogen-bond acceptors (Lipinski definition) is 6. The lowest BCUT2D eigenvalue weighted by molar-refractivity contribution is -0.136. The Bertz CT molecular complexity index is 1490. The van der Waals surface area contributed by atoms with Gasteiger partial charge in [-0.25, -0.2) is 9.59 Å². The number of nitriles is 2. The maximum Gasteiger partial charge on any atom is 0.348 e. The first-order chi connectivity index (χ1) is 21.0. The van der Waals surface area contributed by atoms with Crippen LogP contribution in [0.1, 0.15) is 11.1 Å². The molecule has 0 aliphatic carbocycles. The van der Waals surface area contributed by atoms with Gasteiger partial charge in [0.2, 0.25) is 0 Å². The van der Waals surface area contributed by atoms with E-state index in [2.05, 4.69) is 103 Å². The molecule has 0 aliphatic heterocycles. The van der Waals surface area contributed by atoms with Crippen LogP contribution in [-0.2, 0) is 19.1 Å². The molecule has 0 bridgehead atoms. The highest BCUT2D eigenvalue weighted by Crippen LogP contribution is 2.42. The number of ether oxygens (including phenoxy) is 2. The van der Waals surface area contributed by atoms with Crippen molar-refractivity contribution in [3.05, 3.63) is 70.8 Å². The molecule has 2 aromatic carbocycles. The molecule has 0 aliphatic rings.